The van der Waals surface area contributed by atoms with Crippen molar-refractivity contribution in [2.24, 2.45) is 0 Å². The van der Waals surface area contributed by atoms with Crippen LogP contribution in [0.3, 0.4) is 0 Å². The summed E-state index contributed by atoms with van der Waals surface area (Å²) in [5.74, 6) is 0.831. The number of hydrogen-bond acceptors (Lipinski definition) is 4. The van der Waals surface area contributed by atoms with E-state index in [0.29, 0.717) is 4.77 Å². The number of nitrogens with one attached hydrogen (secondary N) is 1. The van der Waals surface area contributed by atoms with Crippen molar-refractivity contribution < 1.29 is 0 Å². The van der Waals surface area contributed by atoms with Gasteiger partial charge >= 0.3 is 0 Å². The molecule has 2 heterocycles. The molecule has 0 bridgehead atoms. The van der Waals surface area contributed by atoms with Crippen molar-refractivity contribution in [3.8, 4) is 11.4 Å². The standard InChI is InChI=1S/C20H23N5S/c1-16-7-9-17(10-8-16)19-21-20(26)25(22-19)15-23-11-13-24(14-12-23)18-5-3-2-4-6-18/h2-10H,11-15H2,1H3,(H,21,22,26). The highest BCUT2D eigenvalue weighted by Gasteiger charge is 2.18. The summed E-state index contributed by atoms with van der Waals surface area (Å²) in [5, 5.41) is 3.35. The van der Waals surface area contributed by atoms with Gasteiger partial charge < -0.3 is 4.90 Å². The second kappa shape index (κ2) is 7.43. The largest absolute Gasteiger partial charge is 0.369 e. The second-order valence-electron chi connectivity index (χ2n) is 6.73. The van der Waals surface area contributed by atoms with Gasteiger partial charge in [0.1, 0.15) is 0 Å². The molecule has 0 amide bonds. The number of hydrogen-bond donors (Lipinski definition) is 1. The minimum absolute atomic E-state index is 0.603. The van der Waals surface area contributed by atoms with Crippen LogP contribution in [0, 0.1) is 11.7 Å². The molecule has 0 spiro atoms. The molecule has 1 aromatic heterocycles. The lowest BCUT2D eigenvalue weighted by atomic mass is 10.1. The van der Waals surface area contributed by atoms with Crippen molar-refractivity contribution in [3.05, 3.63) is 64.9 Å². The molecule has 1 N–H and O–H groups in total. The Kier molecular flexibility index (Phi) is 4.86. The third kappa shape index (κ3) is 3.71. The Morgan fingerprint density at radius 1 is 0.962 bits per heavy atom. The highest BCUT2D eigenvalue weighted by Crippen LogP contribution is 2.17. The third-order valence-electron chi connectivity index (χ3n) is 4.84. The van der Waals surface area contributed by atoms with E-state index in [1.165, 1.54) is 11.3 Å². The molecule has 0 saturated carbocycles. The maximum absolute atomic E-state index is 5.45. The number of rotatable bonds is 4. The van der Waals surface area contributed by atoms with Gasteiger partial charge in [-0.1, -0.05) is 48.0 Å². The Morgan fingerprint density at radius 3 is 2.35 bits per heavy atom. The smallest absolute Gasteiger partial charge is 0.217 e. The Labute approximate surface area is 158 Å². The van der Waals surface area contributed by atoms with Crippen LogP contribution in [0.15, 0.2) is 54.6 Å². The normalized spacial score (nSPS) is 15.3. The lowest BCUT2D eigenvalue weighted by Crippen LogP contribution is -2.46. The Bertz CT molecular complexity index is 905. The highest BCUT2D eigenvalue weighted by molar-refractivity contribution is 7.71. The summed E-state index contributed by atoms with van der Waals surface area (Å²) in [4.78, 5) is 9.36. The first-order valence-electron chi connectivity index (χ1n) is 8.95. The van der Waals surface area contributed by atoms with Gasteiger partial charge in [-0.2, -0.15) is 4.98 Å². The molecule has 26 heavy (non-hydrogen) atoms. The molecule has 1 fully saturated rings. The first kappa shape index (κ1) is 17.0. The molecule has 134 valence electrons. The molecule has 3 aromatic rings. The molecule has 0 radical (unpaired) electrons. The van der Waals surface area contributed by atoms with Crippen molar-refractivity contribution in [1.29, 1.82) is 0 Å². The number of nitrogens with zero attached hydrogens (tertiary/aromatic N) is 4. The van der Waals surface area contributed by atoms with Gasteiger partial charge in [0, 0.05) is 37.4 Å². The van der Waals surface area contributed by atoms with Gasteiger partial charge in [0.2, 0.25) is 4.77 Å². The maximum Gasteiger partial charge on any atom is 0.217 e. The molecule has 2 aromatic carbocycles. The summed E-state index contributed by atoms with van der Waals surface area (Å²) in [5.41, 5.74) is 3.60. The zero-order valence-corrected chi connectivity index (χ0v) is 15.7. The van der Waals surface area contributed by atoms with Crippen LogP contribution >= 0.6 is 12.2 Å². The molecule has 0 aliphatic carbocycles. The average Bonchev–Trinajstić information content (AvgIpc) is 3.04. The van der Waals surface area contributed by atoms with Crippen LogP contribution in [-0.2, 0) is 6.67 Å². The quantitative estimate of drug-likeness (QED) is 0.716. The van der Waals surface area contributed by atoms with E-state index in [9.17, 15) is 0 Å². The molecule has 5 nitrogen and oxygen atoms in total. The van der Waals surface area contributed by atoms with Crippen LogP contribution in [0.5, 0.6) is 0 Å². The Balaban J connectivity index is 1.41. The molecule has 0 atom stereocenters. The SMILES string of the molecule is Cc1ccc(-c2nc(=S)n(CN3CCN(c4ccccc4)CC3)[nH]2)cc1. The van der Waals surface area contributed by atoms with Crippen molar-refractivity contribution in [3.63, 3.8) is 0 Å². The number of aromatic nitrogens is 3. The Hall–Kier alpha value is -2.44. The minimum Gasteiger partial charge on any atom is -0.369 e. The van der Waals surface area contributed by atoms with Gasteiger partial charge in [0.15, 0.2) is 5.82 Å². The summed E-state index contributed by atoms with van der Waals surface area (Å²) >= 11 is 5.45. The number of para-hydroxylation sites is 1. The second-order valence-corrected chi connectivity index (χ2v) is 7.10. The van der Waals surface area contributed by atoms with Crippen molar-refractivity contribution in [1.82, 2.24) is 19.7 Å². The van der Waals surface area contributed by atoms with Crippen LogP contribution in [0.4, 0.5) is 5.69 Å². The zero-order chi connectivity index (χ0) is 17.9. The molecular weight excluding hydrogens is 342 g/mol. The molecule has 1 saturated heterocycles. The molecule has 4 rings (SSSR count). The average molecular weight is 366 g/mol. The first-order valence-corrected chi connectivity index (χ1v) is 9.36. The summed E-state index contributed by atoms with van der Waals surface area (Å²) in [7, 11) is 0. The van der Waals surface area contributed by atoms with Crippen molar-refractivity contribution in [2.45, 2.75) is 13.6 Å². The number of anilines is 1. The zero-order valence-electron chi connectivity index (χ0n) is 14.9. The van der Waals surface area contributed by atoms with Crippen molar-refractivity contribution >= 4 is 17.9 Å². The van der Waals surface area contributed by atoms with Crippen LogP contribution in [-0.4, -0.2) is 45.8 Å². The van der Waals surface area contributed by atoms with E-state index in [1.54, 1.807) is 0 Å². The van der Waals surface area contributed by atoms with E-state index >= 15 is 0 Å². The third-order valence-corrected chi connectivity index (χ3v) is 5.15. The summed E-state index contributed by atoms with van der Waals surface area (Å²) in [6.07, 6.45) is 0. The van der Waals surface area contributed by atoms with E-state index in [-0.39, 0.29) is 0 Å². The van der Waals surface area contributed by atoms with Gasteiger partial charge in [0.05, 0.1) is 6.67 Å². The lowest BCUT2D eigenvalue weighted by molar-refractivity contribution is 0.194. The highest BCUT2D eigenvalue weighted by atomic mass is 32.1. The lowest BCUT2D eigenvalue weighted by Gasteiger charge is -2.35. The number of aryl methyl sites for hydroxylation is 1. The van der Waals surface area contributed by atoms with Crippen LogP contribution in [0.1, 0.15) is 5.56 Å². The van der Waals surface area contributed by atoms with Crippen LogP contribution < -0.4 is 4.90 Å². The van der Waals surface area contributed by atoms with Gasteiger partial charge in [-0.05, 0) is 31.3 Å². The van der Waals surface area contributed by atoms with Crippen LogP contribution in [0.25, 0.3) is 11.4 Å². The minimum atomic E-state index is 0.603. The molecule has 1 aliphatic rings. The number of piperazine rings is 1. The number of aromatic amines is 1. The Morgan fingerprint density at radius 2 is 1.65 bits per heavy atom. The van der Waals surface area contributed by atoms with Gasteiger partial charge in [-0.3, -0.25) is 10.00 Å². The predicted molar refractivity (Wildman–Crippen MR) is 108 cm³/mol. The fourth-order valence-electron chi connectivity index (χ4n) is 3.28. The first-order chi connectivity index (χ1) is 12.7. The van der Waals surface area contributed by atoms with E-state index in [4.69, 9.17) is 12.2 Å². The number of benzene rings is 2. The van der Waals surface area contributed by atoms with Gasteiger partial charge in [0.25, 0.3) is 0 Å². The predicted octanol–water partition coefficient (Wildman–Crippen LogP) is 3.70. The van der Waals surface area contributed by atoms with Crippen LogP contribution in [0.2, 0.25) is 0 Å². The van der Waals surface area contributed by atoms with E-state index in [1.807, 2.05) is 4.68 Å². The maximum atomic E-state index is 5.45. The molecule has 0 unspecified atom stereocenters. The van der Waals surface area contributed by atoms with E-state index < -0.39 is 0 Å². The van der Waals surface area contributed by atoms with Crippen molar-refractivity contribution in [2.75, 3.05) is 31.1 Å². The summed E-state index contributed by atoms with van der Waals surface area (Å²) in [6.45, 7) is 6.90. The van der Waals surface area contributed by atoms with Gasteiger partial charge in [-0.15, -0.1) is 0 Å². The fraction of sp³-hybridized carbons (Fsp3) is 0.300. The monoisotopic (exact) mass is 365 g/mol. The topological polar surface area (TPSA) is 40.1 Å². The summed E-state index contributed by atoms with van der Waals surface area (Å²) in [6, 6.07) is 18.9. The molecule has 6 heteroatoms. The van der Waals surface area contributed by atoms with E-state index in [2.05, 4.69) is 81.4 Å². The summed E-state index contributed by atoms with van der Waals surface area (Å²) < 4.78 is 2.56. The number of H-pyrrole nitrogens is 1. The van der Waals surface area contributed by atoms with Gasteiger partial charge in [-0.25, -0.2) is 4.68 Å². The van der Waals surface area contributed by atoms with E-state index in [0.717, 1.165) is 44.2 Å². The molecular formula is C20H23N5S. The fourth-order valence-corrected chi connectivity index (χ4v) is 3.47. The molecule has 1 aliphatic heterocycles.